The van der Waals surface area contributed by atoms with Crippen molar-refractivity contribution < 1.29 is 9.18 Å². The smallest absolute Gasteiger partial charge is 0.276 e. The number of halogens is 1. The van der Waals surface area contributed by atoms with Gasteiger partial charge in [-0.3, -0.25) is 9.59 Å². The number of hydrogen-bond acceptors (Lipinski definition) is 3. The molecule has 6 nitrogen and oxygen atoms in total. The second-order valence-corrected chi connectivity index (χ2v) is 5.87. The van der Waals surface area contributed by atoms with Crippen molar-refractivity contribution in [3.8, 4) is 5.69 Å². The van der Waals surface area contributed by atoms with E-state index in [4.69, 9.17) is 0 Å². The Labute approximate surface area is 142 Å². The lowest BCUT2D eigenvalue weighted by molar-refractivity contribution is 0.102. The van der Waals surface area contributed by atoms with Crippen LogP contribution in [0.2, 0.25) is 0 Å². The summed E-state index contributed by atoms with van der Waals surface area (Å²) in [4.78, 5) is 27.2. The first-order valence-corrected chi connectivity index (χ1v) is 7.99. The first-order chi connectivity index (χ1) is 12.1. The number of anilines is 1. The summed E-state index contributed by atoms with van der Waals surface area (Å²) in [7, 11) is 0. The zero-order valence-electron chi connectivity index (χ0n) is 13.3. The van der Waals surface area contributed by atoms with Crippen molar-refractivity contribution in [3.63, 3.8) is 0 Å². The number of amides is 1. The van der Waals surface area contributed by atoms with Crippen molar-refractivity contribution in [2.24, 2.45) is 0 Å². The van der Waals surface area contributed by atoms with E-state index in [9.17, 15) is 14.0 Å². The van der Waals surface area contributed by atoms with Gasteiger partial charge in [0.15, 0.2) is 5.69 Å². The third-order valence-electron chi connectivity index (χ3n) is 4.30. The molecule has 2 N–H and O–H groups in total. The van der Waals surface area contributed by atoms with Crippen LogP contribution in [0.5, 0.6) is 0 Å². The number of rotatable bonds is 3. The molecule has 0 radical (unpaired) electrons. The highest BCUT2D eigenvalue weighted by Crippen LogP contribution is 2.29. The number of nitrogens with zero attached hydrogens (tertiary/aromatic N) is 2. The average Bonchev–Trinajstić information content (AvgIpc) is 3.20. The fourth-order valence-electron chi connectivity index (χ4n) is 3.14. The molecule has 0 bridgehead atoms. The summed E-state index contributed by atoms with van der Waals surface area (Å²) in [5.74, 6) is -0.865. The van der Waals surface area contributed by atoms with Gasteiger partial charge in [-0.25, -0.2) is 9.07 Å². The highest BCUT2D eigenvalue weighted by atomic mass is 19.1. The highest BCUT2D eigenvalue weighted by molar-refractivity contribution is 6.04. The Hall–Kier alpha value is -3.22. The Morgan fingerprint density at radius 2 is 2.08 bits per heavy atom. The summed E-state index contributed by atoms with van der Waals surface area (Å²) in [6.45, 7) is 0. The molecule has 126 valence electrons. The second-order valence-electron chi connectivity index (χ2n) is 5.87. The van der Waals surface area contributed by atoms with Gasteiger partial charge < -0.3 is 10.3 Å². The number of benzene rings is 1. The number of pyridine rings is 1. The maximum Gasteiger partial charge on any atom is 0.276 e. The Morgan fingerprint density at radius 3 is 2.88 bits per heavy atom. The maximum absolute atomic E-state index is 14.1. The van der Waals surface area contributed by atoms with Crippen molar-refractivity contribution in [2.45, 2.75) is 19.3 Å². The van der Waals surface area contributed by atoms with Crippen molar-refractivity contribution >= 4 is 11.6 Å². The van der Waals surface area contributed by atoms with E-state index in [1.165, 1.54) is 29.2 Å². The van der Waals surface area contributed by atoms with Crippen LogP contribution >= 0.6 is 0 Å². The number of para-hydroxylation sites is 1. The van der Waals surface area contributed by atoms with Crippen molar-refractivity contribution in [3.05, 3.63) is 75.7 Å². The third kappa shape index (κ3) is 2.63. The summed E-state index contributed by atoms with van der Waals surface area (Å²) in [5.41, 5.74) is 2.07. The van der Waals surface area contributed by atoms with Crippen molar-refractivity contribution in [2.75, 3.05) is 5.32 Å². The molecule has 0 fully saturated rings. The molecule has 25 heavy (non-hydrogen) atoms. The number of nitrogens with one attached hydrogen (secondary N) is 2. The van der Waals surface area contributed by atoms with Gasteiger partial charge in [0.05, 0.1) is 0 Å². The first-order valence-electron chi connectivity index (χ1n) is 7.99. The monoisotopic (exact) mass is 338 g/mol. The van der Waals surface area contributed by atoms with Crippen LogP contribution in [0.25, 0.3) is 5.69 Å². The number of H-pyrrole nitrogens is 1. The van der Waals surface area contributed by atoms with Gasteiger partial charge in [0, 0.05) is 29.7 Å². The van der Waals surface area contributed by atoms with Crippen molar-refractivity contribution in [1.29, 1.82) is 0 Å². The molecule has 4 rings (SSSR count). The molecule has 0 atom stereocenters. The predicted octanol–water partition coefficient (Wildman–Crippen LogP) is 2.44. The summed E-state index contributed by atoms with van der Waals surface area (Å²) in [6.07, 6.45) is 5.23. The van der Waals surface area contributed by atoms with E-state index in [2.05, 4.69) is 15.4 Å². The summed E-state index contributed by atoms with van der Waals surface area (Å²) in [6, 6.07) is 7.66. The number of aromatic nitrogens is 3. The molecule has 2 heterocycles. The molecular weight excluding hydrogens is 323 g/mol. The summed E-state index contributed by atoms with van der Waals surface area (Å²) >= 11 is 0. The van der Waals surface area contributed by atoms with Crippen LogP contribution < -0.4 is 10.7 Å². The van der Waals surface area contributed by atoms with Gasteiger partial charge in [-0.2, -0.15) is 5.10 Å². The predicted molar refractivity (Wildman–Crippen MR) is 90.6 cm³/mol. The van der Waals surface area contributed by atoms with Gasteiger partial charge in [-0.1, -0.05) is 12.1 Å². The fraction of sp³-hybridized carbons (Fsp3) is 0.167. The maximum atomic E-state index is 14.1. The lowest BCUT2D eigenvalue weighted by atomic mass is 10.2. The Kier molecular flexibility index (Phi) is 3.68. The Morgan fingerprint density at radius 1 is 1.24 bits per heavy atom. The van der Waals surface area contributed by atoms with E-state index in [0.29, 0.717) is 12.1 Å². The van der Waals surface area contributed by atoms with Crippen LogP contribution in [0.1, 0.15) is 28.2 Å². The van der Waals surface area contributed by atoms with Gasteiger partial charge >= 0.3 is 0 Å². The second kappa shape index (κ2) is 6.01. The molecule has 1 aromatic carbocycles. The van der Waals surface area contributed by atoms with E-state index in [-0.39, 0.29) is 16.8 Å². The summed E-state index contributed by atoms with van der Waals surface area (Å²) < 4.78 is 15.6. The largest absolute Gasteiger partial charge is 0.366 e. The zero-order chi connectivity index (χ0) is 17.4. The highest BCUT2D eigenvalue weighted by Gasteiger charge is 2.28. The van der Waals surface area contributed by atoms with Crippen LogP contribution in [0.15, 0.2) is 47.5 Å². The third-order valence-corrected chi connectivity index (χ3v) is 4.30. The lowest BCUT2D eigenvalue weighted by Crippen LogP contribution is -2.19. The number of carbonyl (C=O) groups is 1. The Bertz CT molecular complexity index is 1020. The van der Waals surface area contributed by atoms with Crippen LogP contribution in [-0.2, 0) is 12.8 Å². The summed E-state index contributed by atoms with van der Waals surface area (Å²) in [5, 5.41) is 6.92. The topological polar surface area (TPSA) is 79.8 Å². The molecule has 0 unspecified atom stereocenters. The molecule has 1 amide bonds. The molecule has 0 spiro atoms. The minimum absolute atomic E-state index is 0.152. The number of fused-ring (bicyclic) bond motifs is 1. The average molecular weight is 338 g/mol. The van der Waals surface area contributed by atoms with Crippen molar-refractivity contribution in [1.82, 2.24) is 14.8 Å². The van der Waals surface area contributed by atoms with Crippen LogP contribution in [0, 0.1) is 5.82 Å². The van der Waals surface area contributed by atoms with E-state index in [0.717, 1.165) is 24.1 Å². The normalized spacial score (nSPS) is 12.8. The van der Waals surface area contributed by atoms with E-state index in [1.807, 2.05) is 0 Å². The van der Waals surface area contributed by atoms with Crippen LogP contribution in [0.4, 0.5) is 10.1 Å². The molecule has 0 saturated heterocycles. The standard InChI is InChI=1S/C18H15FN4O2/c19-12-5-1-2-6-15(12)23-14-7-3-4-11(14)17(22-23)18(25)21-13-10-20-9-8-16(13)24/h1-2,5-6,8-10H,3-4,7H2,(H,20,24)(H,21,25). The molecule has 0 saturated carbocycles. The van der Waals surface area contributed by atoms with E-state index >= 15 is 0 Å². The molecule has 1 aliphatic rings. The molecule has 3 aromatic rings. The minimum atomic E-state index is -0.468. The number of hydrogen-bond donors (Lipinski definition) is 2. The molecular formula is C18H15FN4O2. The van der Waals surface area contributed by atoms with Gasteiger partial charge in [0.25, 0.3) is 5.91 Å². The fourth-order valence-corrected chi connectivity index (χ4v) is 3.14. The molecule has 1 aliphatic carbocycles. The number of aromatic amines is 1. The van der Waals surface area contributed by atoms with E-state index in [1.54, 1.807) is 18.2 Å². The van der Waals surface area contributed by atoms with Crippen LogP contribution in [-0.4, -0.2) is 20.7 Å². The number of carbonyl (C=O) groups excluding carboxylic acids is 1. The van der Waals surface area contributed by atoms with Crippen LogP contribution in [0.3, 0.4) is 0 Å². The van der Waals surface area contributed by atoms with Gasteiger partial charge in [-0.05, 0) is 31.4 Å². The minimum Gasteiger partial charge on any atom is -0.366 e. The van der Waals surface area contributed by atoms with Gasteiger partial charge in [-0.15, -0.1) is 0 Å². The lowest BCUT2D eigenvalue weighted by Gasteiger charge is -2.06. The van der Waals surface area contributed by atoms with Gasteiger partial charge in [0.2, 0.25) is 5.43 Å². The van der Waals surface area contributed by atoms with E-state index < -0.39 is 11.7 Å². The molecule has 2 aromatic heterocycles. The quantitative estimate of drug-likeness (QED) is 0.770. The SMILES string of the molecule is O=C(Nc1c[nH]ccc1=O)c1nn(-c2ccccc2F)c2c1CCC2. The molecule has 7 heteroatoms. The Balaban J connectivity index is 1.75. The zero-order valence-corrected chi connectivity index (χ0v) is 13.3. The van der Waals surface area contributed by atoms with Gasteiger partial charge in [0.1, 0.15) is 17.2 Å². The molecule has 0 aliphatic heterocycles. The first kappa shape index (κ1) is 15.3.